The van der Waals surface area contributed by atoms with Gasteiger partial charge in [-0.15, -0.1) is 0 Å². The Labute approximate surface area is 125 Å². The molecule has 2 rings (SSSR count). The van der Waals surface area contributed by atoms with E-state index in [1.807, 2.05) is 50.2 Å². The zero-order valence-corrected chi connectivity index (χ0v) is 12.8. The summed E-state index contributed by atoms with van der Waals surface area (Å²) in [4.78, 5) is 25.9. The van der Waals surface area contributed by atoms with E-state index in [0.29, 0.717) is 6.04 Å². The van der Waals surface area contributed by atoms with Crippen molar-refractivity contribution in [3.63, 3.8) is 0 Å². The van der Waals surface area contributed by atoms with Gasteiger partial charge in [0.05, 0.1) is 6.54 Å². The van der Waals surface area contributed by atoms with Gasteiger partial charge in [-0.1, -0.05) is 29.8 Å². The van der Waals surface area contributed by atoms with E-state index in [-0.39, 0.29) is 18.4 Å². The maximum Gasteiger partial charge on any atom is 0.242 e. The first kappa shape index (κ1) is 15.5. The zero-order chi connectivity index (χ0) is 15.4. The van der Waals surface area contributed by atoms with Crippen LogP contribution in [-0.2, 0) is 9.59 Å². The number of aryl methyl sites for hydroxylation is 1. The van der Waals surface area contributed by atoms with Crippen LogP contribution in [0, 0.1) is 6.92 Å². The van der Waals surface area contributed by atoms with Gasteiger partial charge in [-0.25, -0.2) is 0 Å². The highest BCUT2D eigenvalue weighted by atomic mass is 16.2. The Morgan fingerprint density at radius 1 is 1.33 bits per heavy atom. The molecule has 114 valence electrons. The van der Waals surface area contributed by atoms with Crippen molar-refractivity contribution < 1.29 is 9.59 Å². The number of carbonyl (C=O) groups is 2. The molecular weight excluding hydrogens is 266 g/mol. The summed E-state index contributed by atoms with van der Waals surface area (Å²) < 4.78 is 0. The number of benzene rings is 1. The van der Waals surface area contributed by atoms with E-state index in [2.05, 4.69) is 10.6 Å². The molecule has 1 aliphatic rings. The third-order valence-corrected chi connectivity index (χ3v) is 3.49. The molecule has 1 unspecified atom stereocenters. The van der Waals surface area contributed by atoms with Gasteiger partial charge in [0.2, 0.25) is 11.8 Å². The summed E-state index contributed by atoms with van der Waals surface area (Å²) in [5.74, 6) is -0.274. The van der Waals surface area contributed by atoms with E-state index >= 15 is 0 Å². The maximum absolute atomic E-state index is 12.4. The number of rotatable bonds is 6. The smallest absolute Gasteiger partial charge is 0.242 e. The number of amides is 2. The highest BCUT2D eigenvalue weighted by molar-refractivity contribution is 5.88. The van der Waals surface area contributed by atoms with Gasteiger partial charge in [-0.2, -0.15) is 0 Å². The minimum absolute atomic E-state index is 0.0332. The highest BCUT2D eigenvalue weighted by Crippen LogP contribution is 2.20. The molecular formula is C16H23N3O2. The summed E-state index contributed by atoms with van der Waals surface area (Å²) in [6, 6.07) is 7.79. The first-order valence-corrected chi connectivity index (χ1v) is 7.27. The van der Waals surface area contributed by atoms with Gasteiger partial charge in [0.1, 0.15) is 6.04 Å². The SMILES string of the molecule is Cc1cccc(C(C(=O)NCC(=O)NC2CC2)N(C)C)c1. The van der Waals surface area contributed by atoms with Crippen molar-refractivity contribution in [3.05, 3.63) is 35.4 Å². The molecule has 0 aliphatic heterocycles. The Balaban J connectivity index is 1.96. The van der Waals surface area contributed by atoms with Crippen molar-refractivity contribution in [2.24, 2.45) is 0 Å². The van der Waals surface area contributed by atoms with Crippen LogP contribution in [0.3, 0.4) is 0 Å². The average molecular weight is 289 g/mol. The predicted octanol–water partition coefficient (Wildman–Crippen LogP) is 0.993. The molecule has 1 atom stereocenters. The van der Waals surface area contributed by atoms with Crippen LogP contribution in [0.15, 0.2) is 24.3 Å². The third-order valence-electron chi connectivity index (χ3n) is 3.49. The van der Waals surface area contributed by atoms with Gasteiger partial charge < -0.3 is 10.6 Å². The minimum Gasteiger partial charge on any atom is -0.352 e. The van der Waals surface area contributed by atoms with Crippen LogP contribution >= 0.6 is 0 Å². The summed E-state index contributed by atoms with van der Waals surface area (Å²) in [6.45, 7) is 2.03. The molecule has 1 aromatic rings. The van der Waals surface area contributed by atoms with Crippen molar-refractivity contribution in [2.75, 3.05) is 20.6 Å². The van der Waals surface area contributed by atoms with E-state index in [1.165, 1.54) is 0 Å². The molecule has 0 radical (unpaired) electrons. The van der Waals surface area contributed by atoms with Crippen molar-refractivity contribution in [2.45, 2.75) is 31.8 Å². The Kier molecular flexibility index (Phi) is 4.96. The first-order valence-electron chi connectivity index (χ1n) is 7.27. The van der Waals surface area contributed by atoms with E-state index in [0.717, 1.165) is 24.0 Å². The standard InChI is InChI=1S/C16H23N3O2/c1-11-5-4-6-12(9-11)15(19(2)3)16(21)17-10-14(20)18-13-7-8-13/h4-6,9,13,15H,7-8,10H2,1-3H3,(H,17,21)(H,18,20). The second-order valence-electron chi connectivity index (χ2n) is 5.84. The lowest BCUT2D eigenvalue weighted by Crippen LogP contribution is -2.42. The summed E-state index contributed by atoms with van der Waals surface area (Å²) in [7, 11) is 3.72. The Morgan fingerprint density at radius 3 is 2.62 bits per heavy atom. The lowest BCUT2D eigenvalue weighted by molar-refractivity contribution is -0.129. The van der Waals surface area contributed by atoms with E-state index in [4.69, 9.17) is 0 Å². The molecule has 0 heterocycles. The van der Waals surface area contributed by atoms with Gasteiger partial charge in [-0.05, 0) is 39.4 Å². The Morgan fingerprint density at radius 2 is 2.05 bits per heavy atom. The van der Waals surface area contributed by atoms with Crippen LogP contribution in [0.4, 0.5) is 0 Å². The van der Waals surface area contributed by atoms with E-state index < -0.39 is 6.04 Å². The molecule has 1 aromatic carbocycles. The zero-order valence-electron chi connectivity index (χ0n) is 12.8. The van der Waals surface area contributed by atoms with Gasteiger partial charge in [-0.3, -0.25) is 14.5 Å². The van der Waals surface area contributed by atoms with Gasteiger partial charge in [0.15, 0.2) is 0 Å². The Bertz CT molecular complexity index is 524. The molecule has 21 heavy (non-hydrogen) atoms. The molecule has 2 N–H and O–H groups in total. The van der Waals surface area contributed by atoms with Crippen LogP contribution in [0.5, 0.6) is 0 Å². The quantitative estimate of drug-likeness (QED) is 0.821. The van der Waals surface area contributed by atoms with Crippen molar-refractivity contribution >= 4 is 11.8 Å². The second-order valence-corrected chi connectivity index (χ2v) is 5.84. The lowest BCUT2D eigenvalue weighted by Gasteiger charge is -2.24. The molecule has 5 nitrogen and oxygen atoms in total. The van der Waals surface area contributed by atoms with E-state index in [1.54, 1.807) is 0 Å². The topological polar surface area (TPSA) is 61.4 Å². The number of nitrogens with zero attached hydrogens (tertiary/aromatic N) is 1. The Hall–Kier alpha value is -1.88. The van der Waals surface area contributed by atoms with Gasteiger partial charge in [0.25, 0.3) is 0 Å². The summed E-state index contributed by atoms with van der Waals surface area (Å²) in [5.41, 5.74) is 2.04. The molecule has 0 spiro atoms. The fourth-order valence-corrected chi connectivity index (χ4v) is 2.29. The van der Waals surface area contributed by atoms with Crippen LogP contribution < -0.4 is 10.6 Å². The maximum atomic E-state index is 12.4. The summed E-state index contributed by atoms with van der Waals surface area (Å²) in [5, 5.41) is 5.58. The molecule has 2 amide bonds. The number of nitrogens with one attached hydrogen (secondary N) is 2. The van der Waals surface area contributed by atoms with E-state index in [9.17, 15) is 9.59 Å². The molecule has 0 aromatic heterocycles. The minimum atomic E-state index is -0.390. The van der Waals surface area contributed by atoms with Crippen molar-refractivity contribution in [3.8, 4) is 0 Å². The normalized spacial score (nSPS) is 15.6. The van der Waals surface area contributed by atoms with Crippen LogP contribution in [0.25, 0.3) is 0 Å². The first-order chi connectivity index (χ1) is 9.97. The predicted molar refractivity (Wildman–Crippen MR) is 81.8 cm³/mol. The monoisotopic (exact) mass is 289 g/mol. The lowest BCUT2D eigenvalue weighted by atomic mass is 10.0. The fourth-order valence-electron chi connectivity index (χ4n) is 2.29. The second kappa shape index (κ2) is 6.72. The molecule has 0 bridgehead atoms. The van der Waals surface area contributed by atoms with Crippen LogP contribution in [-0.4, -0.2) is 43.4 Å². The average Bonchev–Trinajstić information content (AvgIpc) is 3.20. The van der Waals surface area contributed by atoms with Crippen molar-refractivity contribution in [1.82, 2.24) is 15.5 Å². The number of hydrogen-bond acceptors (Lipinski definition) is 3. The molecule has 1 fully saturated rings. The summed E-state index contributed by atoms with van der Waals surface area (Å²) in [6.07, 6.45) is 2.09. The highest BCUT2D eigenvalue weighted by Gasteiger charge is 2.25. The largest absolute Gasteiger partial charge is 0.352 e. The third kappa shape index (κ3) is 4.56. The van der Waals surface area contributed by atoms with Gasteiger partial charge >= 0.3 is 0 Å². The number of carbonyl (C=O) groups excluding carboxylic acids is 2. The fraction of sp³-hybridized carbons (Fsp3) is 0.500. The molecule has 0 saturated heterocycles. The van der Waals surface area contributed by atoms with Crippen molar-refractivity contribution in [1.29, 1.82) is 0 Å². The van der Waals surface area contributed by atoms with Crippen LogP contribution in [0.1, 0.15) is 30.0 Å². The van der Waals surface area contributed by atoms with Gasteiger partial charge in [0, 0.05) is 6.04 Å². The molecule has 1 aliphatic carbocycles. The van der Waals surface area contributed by atoms with Crippen LogP contribution in [0.2, 0.25) is 0 Å². The molecule has 1 saturated carbocycles. The number of likely N-dealkylation sites (N-methyl/N-ethyl adjacent to an activating group) is 1. The number of hydrogen-bond donors (Lipinski definition) is 2. The summed E-state index contributed by atoms with van der Waals surface area (Å²) >= 11 is 0. The molecule has 5 heteroatoms.